The summed E-state index contributed by atoms with van der Waals surface area (Å²) in [4.78, 5) is 39.7. The lowest BCUT2D eigenvalue weighted by Gasteiger charge is -2.34. The maximum Gasteiger partial charge on any atom is 0.335 e. The number of phenolic OH excluding ortho intramolecular Hbond substituents is 1. The van der Waals surface area contributed by atoms with Crippen molar-refractivity contribution >= 4 is 23.6 Å². The SMILES string of the molecule is O=C(Nc1ccc(C(=O)O)cc1)N[C@@H](Cc1ccc(O)cc1)C(=O)NC1CCCN(Cc2ccc3c(c2)OCO3)C1. The Morgan fingerprint density at radius 1 is 0.951 bits per heavy atom. The first kappa shape index (κ1) is 27.8. The van der Waals surface area contributed by atoms with Crippen molar-refractivity contribution in [1.82, 2.24) is 15.5 Å². The summed E-state index contributed by atoms with van der Waals surface area (Å²) in [5.41, 5.74) is 2.35. The molecule has 5 rings (SSSR count). The molecule has 0 aliphatic carbocycles. The summed E-state index contributed by atoms with van der Waals surface area (Å²) in [5, 5.41) is 27.2. The number of phenols is 1. The average molecular weight is 561 g/mol. The van der Waals surface area contributed by atoms with Crippen LogP contribution in [0.2, 0.25) is 0 Å². The smallest absolute Gasteiger partial charge is 0.335 e. The van der Waals surface area contributed by atoms with Gasteiger partial charge in [0.15, 0.2) is 11.5 Å². The minimum atomic E-state index is -1.07. The quantitative estimate of drug-likeness (QED) is 0.268. The molecule has 1 saturated heterocycles. The first-order chi connectivity index (χ1) is 19.8. The van der Waals surface area contributed by atoms with E-state index < -0.39 is 18.0 Å². The van der Waals surface area contributed by atoms with Crippen LogP contribution in [0.5, 0.6) is 17.2 Å². The predicted molar refractivity (Wildman–Crippen MR) is 150 cm³/mol. The molecule has 0 aromatic heterocycles. The Hall–Kier alpha value is -4.77. The molecule has 2 atom stereocenters. The molecule has 3 amide bonds. The molecule has 41 heavy (non-hydrogen) atoms. The summed E-state index contributed by atoms with van der Waals surface area (Å²) in [6.45, 7) is 2.50. The van der Waals surface area contributed by atoms with Gasteiger partial charge in [0.05, 0.1) is 5.56 Å². The number of urea groups is 1. The number of fused-ring (bicyclic) bond motifs is 1. The molecular weight excluding hydrogens is 528 g/mol. The highest BCUT2D eigenvalue weighted by atomic mass is 16.7. The Morgan fingerprint density at radius 2 is 1.68 bits per heavy atom. The summed E-state index contributed by atoms with van der Waals surface area (Å²) < 4.78 is 10.9. The van der Waals surface area contributed by atoms with Gasteiger partial charge in [-0.25, -0.2) is 9.59 Å². The van der Waals surface area contributed by atoms with E-state index in [-0.39, 0.29) is 36.5 Å². The number of aromatic carboxylic acids is 1. The molecule has 3 aromatic carbocycles. The zero-order chi connectivity index (χ0) is 28.8. The van der Waals surface area contributed by atoms with Gasteiger partial charge in [0.25, 0.3) is 0 Å². The molecule has 1 unspecified atom stereocenters. The van der Waals surface area contributed by atoms with E-state index in [0.717, 1.165) is 42.0 Å². The summed E-state index contributed by atoms with van der Waals surface area (Å²) in [6, 6.07) is 16.5. The number of likely N-dealkylation sites (tertiary alicyclic amines) is 1. The second-order valence-electron chi connectivity index (χ2n) is 10.2. The molecule has 2 aliphatic heterocycles. The summed E-state index contributed by atoms with van der Waals surface area (Å²) in [7, 11) is 0. The number of ether oxygens (including phenoxy) is 2. The van der Waals surface area contributed by atoms with Crippen molar-refractivity contribution in [2.24, 2.45) is 0 Å². The summed E-state index contributed by atoms with van der Waals surface area (Å²) in [6.07, 6.45) is 1.95. The van der Waals surface area contributed by atoms with E-state index in [9.17, 15) is 19.5 Å². The van der Waals surface area contributed by atoms with Crippen LogP contribution in [0.4, 0.5) is 10.5 Å². The molecule has 2 heterocycles. The van der Waals surface area contributed by atoms with Crippen molar-refractivity contribution in [1.29, 1.82) is 0 Å². The predicted octanol–water partition coefficient (Wildman–Crippen LogP) is 3.33. The number of benzene rings is 3. The standard InChI is InChI=1S/C30H32N4O7/c35-24-10-3-19(4-11-24)14-25(33-30(39)32-22-8-6-21(7-9-22)29(37)38)28(36)31-23-2-1-13-34(17-23)16-20-5-12-26-27(15-20)41-18-40-26/h3-12,15,23,25,35H,1-2,13-14,16-18H2,(H,31,36)(H,37,38)(H2,32,33,39)/t23?,25-/m0/s1. The summed E-state index contributed by atoms with van der Waals surface area (Å²) in [5.74, 6) is 0.206. The topological polar surface area (TPSA) is 149 Å². The number of nitrogens with zero attached hydrogens (tertiary/aromatic N) is 1. The lowest BCUT2D eigenvalue weighted by Crippen LogP contribution is -2.54. The van der Waals surface area contributed by atoms with Crippen LogP contribution in [0.25, 0.3) is 0 Å². The van der Waals surface area contributed by atoms with Gasteiger partial charge in [-0.1, -0.05) is 18.2 Å². The van der Waals surface area contributed by atoms with E-state index >= 15 is 0 Å². The fourth-order valence-electron chi connectivity index (χ4n) is 5.01. The van der Waals surface area contributed by atoms with E-state index in [0.29, 0.717) is 18.8 Å². The van der Waals surface area contributed by atoms with Gasteiger partial charge in [-0.15, -0.1) is 0 Å². The zero-order valence-electron chi connectivity index (χ0n) is 22.3. The minimum absolute atomic E-state index is 0.0963. The maximum atomic E-state index is 13.5. The Kier molecular flexibility index (Phi) is 8.54. The van der Waals surface area contributed by atoms with Gasteiger partial charge in [-0.05, 0) is 79.0 Å². The number of nitrogens with one attached hydrogen (secondary N) is 3. The average Bonchev–Trinajstić information content (AvgIpc) is 3.42. The van der Waals surface area contributed by atoms with Gasteiger partial charge in [-0.3, -0.25) is 9.69 Å². The molecule has 214 valence electrons. The maximum absolute atomic E-state index is 13.5. The number of hydrogen-bond donors (Lipinski definition) is 5. The normalized spacial score (nSPS) is 16.9. The molecule has 0 radical (unpaired) electrons. The fourth-order valence-corrected chi connectivity index (χ4v) is 5.01. The van der Waals surface area contributed by atoms with Gasteiger partial charge in [0.2, 0.25) is 12.7 Å². The number of hydrogen-bond acceptors (Lipinski definition) is 7. The van der Waals surface area contributed by atoms with Crippen LogP contribution in [0.1, 0.15) is 34.3 Å². The van der Waals surface area contributed by atoms with Crippen molar-refractivity contribution in [2.45, 2.75) is 37.9 Å². The van der Waals surface area contributed by atoms with Gasteiger partial charge in [0, 0.05) is 31.2 Å². The van der Waals surface area contributed by atoms with E-state index in [1.54, 1.807) is 12.1 Å². The number of carbonyl (C=O) groups excluding carboxylic acids is 2. The number of carbonyl (C=O) groups is 3. The second kappa shape index (κ2) is 12.6. The molecule has 11 nitrogen and oxygen atoms in total. The van der Waals surface area contributed by atoms with E-state index in [4.69, 9.17) is 14.6 Å². The number of aromatic hydroxyl groups is 1. The molecular formula is C30H32N4O7. The molecule has 1 fully saturated rings. The first-order valence-corrected chi connectivity index (χ1v) is 13.4. The highest BCUT2D eigenvalue weighted by Crippen LogP contribution is 2.33. The van der Waals surface area contributed by atoms with Crippen molar-refractivity contribution in [3.63, 3.8) is 0 Å². The zero-order valence-corrected chi connectivity index (χ0v) is 22.3. The molecule has 0 saturated carbocycles. The van der Waals surface area contributed by atoms with Crippen molar-refractivity contribution in [3.05, 3.63) is 83.4 Å². The number of amides is 3. The number of piperidine rings is 1. The van der Waals surface area contributed by atoms with Crippen LogP contribution in [0.3, 0.4) is 0 Å². The van der Waals surface area contributed by atoms with Crippen molar-refractivity contribution in [2.75, 3.05) is 25.2 Å². The molecule has 0 spiro atoms. The number of rotatable bonds is 9. The highest BCUT2D eigenvalue weighted by molar-refractivity contribution is 5.94. The Balaban J connectivity index is 1.21. The summed E-state index contributed by atoms with van der Waals surface area (Å²) >= 11 is 0. The number of carboxylic acids is 1. The Bertz CT molecular complexity index is 1390. The van der Waals surface area contributed by atoms with Crippen LogP contribution >= 0.6 is 0 Å². The lowest BCUT2D eigenvalue weighted by atomic mass is 10.0. The monoisotopic (exact) mass is 560 g/mol. The minimum Gasteiger partial charge on any atom is -0.508 e. The van der Waals surface area contributed by atoms with Crippen LogP contribution < -0.4 is 25.4 Å². The fraction of sp³-hybridized carbons (Fsp3) is 0.300. The van der Waals surface area contributed by atoms with Gasteiger partial charge < -0.3 is 35.6 Å². The third-order valence-corrected chi connectivity index (χ3v) is 7.08. The third kappa shape index (κ3) is 7.46. The molecule has 2 aliphatic rings. The molecule has 0 bridgehead atoms. The van der Waals surface area contributed by atoms with Crippen LogP contribution in [0.15, 0.2) is 66.7 Å². The Morgan fingerprint density at radius 3 is 2.44 bits per heavy atom. The molecule has 3 aromatic rings. The number of anilines is 1. The number of carboxylic acid groups (broad SMARTS) is 1. The molecule has 5 N–H and O–H groups in total. The third-order valence-electron chi connectivity index (χ3n) is 7.08. The van der Waals surface area contributed by atoms with Crippen LogP contribution in [0, 0.1) is 0 Å². The Labute approximate surface area is 237 Å². The largest absolute Gasteiger partial charge is 0.508 e. The molecule has 11 heteroatoms. The first-order valence-electron chi connectivity index (χ1n) is 13.4. The van der Waals surface area contributed by atoms with E-state index in [1.807, 2.05) is 18.2 Å². The van der Waals surface area contributed by atoms with Crippen molar-refractivity contribution < 1.29 is 34.1 Å². The van der Waals surface area contributed by atoms with Gasteiger partial charge in [0.1, 0.15) is 11.8 Å². The lowest BCUT2D eigenvalue weighted by molar-refractivity contribution is -0.124. The van der Waals surface area contributed by atoms with Gasteiger partial charge in [-0.2, -0.15) is 0 Å². The van der Waals surface area contributed by atoms with Crippen molar-refractivity contribution in [3.8, 4) is 17.2 Å². The van der Waals surface area contributed by atoms with E-state index in [2.05, 4.69) is 20.9 Å². The van der Waals surface area contributed by atoms with E-state index in [1.165, 1.54) is 36.4 Å². The highest BCUT2D eigenvalue weighted by Gasteiger charge is 2.27. The van der Waals surface area contributed by atoms with Gasteiger partial charge >= 0.3 is 12.0 Å². The second-order valence-corrected chi connectivity index (χ2v) is 10.2. The van der Waals surface area contributed by atoms with Crippen LogP contribution in [-0.4, -0.2) is 65.0 Å². The van der Waals surface area contributed by atoms with Crippen LogP contribution in [-0.2, 0) is 17.8 Å².